The van der Waals surface area contributed by atoms with Crippen LogP contribution in [-0.2, 0) is 6.54 Å². The molecule has 1 heterocycles. The fraction of sp³-hybridized carbons (Fsp3) is 0.560. The zero-order chi connectivity index (χ0) is 22.2. The molecule has 5 nitrogen and oxygen atoms in total. The SMILES string of the molecule is CC(C)COc1ccc(CNC(=O)N(CC2=CC=C(F)CC2)C2CCN(C)CC2)cc1. The largest absolute Gasteiger partial charge is 0.493 e. The van der Waals surface area contributed by atoms with Gasteiger partial charge < -0.3 is 19.9 Å². The number of amides is 2. The second-order valence-corrected chi connectivity index (χ2v) is 9.11. The van der Waals surface area contributed by atoms with Crippen molar-refractivity contribution in [3.8, 4) is 5.75 Å². The number of ether oxygens (including phenoxy) is 1. The Morgan fingerprint density at radius 3 is 2.52 bits per heavy atom. The first kappa shape index (κ1) is 23.3. The number of carbonyl (C=O) groups is 1. The van der Waals surface area contributed by atoms with Crippen molar-refractivity contribution in [3.05, 3.63) is 53.4 Å². The molecule has 6 heteroatoms. The minimum Gasteiger partial charge on any atom is -0.493 e. The molecule has 2 amide bonds. The van der Waals surface area contributed by atoms with E-state index in [1.807, 2.05) is 35.2 Å². The number of nitrogens with one attached hydrogen (secondary N) is 1. The number of rotatable bonds is 8. The van der Waals surface area contributed by atoms with Crippen molar-refractivity contribution < 1.29 is 13.9 Å². The predicted octanol–water partition coefficient (Wildman–Crippen LogP) is 4.90. The van der Waals surface area contributed by atoms with Crippen molar-refractivity contribution in [1.29, 1.82) is 0 Å². The molecule has 1 saturated heterocycles. The monoisotopic (exact) mass is 429 g/mol. The molecule has 0 aromatic heterocycles. The second kappa shape index (κ2) is 11.3. The molecule has 1 aliphatic heterocycles. The highest BCUT2D eigenvalue weighted by atomic mass is 19.1. The van der Waals surface area contributed by atoms with Crippen molar-refractivity contribution in [2.24, 2.45) is 5.92 Å². The summed E-state index contributed by atoms with van der Waals surface area (Å²) in [6.45, 7) is 7.94. The molecule has 0 spiro atoms. The number of benzene rings is 1. The van der Waals surface area contributed by atoms with Gasteiger partial charge >= 0.3 is 6.03 Å². The van der Waals surface area contributed by atoms with Crippen molar-refractivity contribution >= 4 is 6.03 Å². The first-order valence-corrected chi connectivity index (χ1v) is 11.4. The Labute approximate surface area is 185 Å². The highest BCUT2D eigenvalue weighted by molar-refractivity contribution is 5.75. The van der Waals surface area contributed by atoms with Crippen LogP contribution >= 0.6 is 0 Å². The van der Waals surface area contributed by atoms with Crippen LogP contribution in [0.1, 0.15) is 45.1 Å². The zero-order valence-corrected chi connectivity index (χ0v) is 19.1. The topological polar surface area (TPSA) is 44.8 Å². The van der Waals surface area contributed by atoms with E-state index in [1.54, 1.807) is 0 Å². The van der Waals surface area contributed by atoms with Crippen LogP contribution in [0.25, 0.3) is 0 Å². The third-order valence-electron chi connectivity index (χ3n) is 5.90. The van der Waals surface area contributed by atoms with E-state index < -0.39 is 0 Å². The summed E-state index contributed by atoms with van der Waals surface area (Å²) in [4.78, 5) is 17.4. The van der Waals surface area contributed by atoms with Crippen LogP contribution < -0.4 is 10.1 Å². The van der Waals surface area contributed by atoms with E-state index in [-0.39, 0.29) is 17.9 Å². The van der Waals surface area contributed by atoms with Gasteiger partial charge in [0.25, 0.3) is 0 Å². The summed E-state index contributed by atoms with van der Waals surface area (Å²) in [6, 6.07) is 8.05. The molecule has 1 N–H and O–H groups in total. The Hall–Kier alpha value is -2.34. The summed E-state index contributed by atoms with van der Waals surface area (Å²) in [7, 11) is 2.12. The predicted molar refractivity (Wildman–Crippen MR) is 123 cm³/mol. The molecular formula is C25H36FN3O2. The number of carbonyl (C=O) groups excluding carboxylic acids is 1. The summed E-state index contributed by atoms with van der Waals surface area (Å²) in [5.74, 6) is 1.25. The molecule has 1 aliphatic carbocycles. The van der Waals surface area contributed by atoms with E-state index in [0.717, 1.165) is 42.8 Å². The second-order valence-electron chi connectivity index (χ2n) is 9.11. The summed E-state index contributed by atoms with van der Waals surface area (Å²) in [6.07, 6.45) is 6.40. The molecular weight excluding hydrogens is 393 g/mol. The molecule has 0 radical (unpaired) electrons. The third kappa shape index (κ3) is 7.39. The summed E-state index contributed by atoms with van der Waals surface area (Å²) < 4.78 is 19.1. The van der Waals surface area contributed by atoms with E-state index in [4.69, 9.17) is 4.74 Å². The van der Waals surface area contributed by atoms with Gasteiger partial charge in [-0.15, -0.1) is 0 Å². The minimum atomic E-state index is -0.0835. The molecule has 1 fully saturated rings. The van der Waals surface area contributed by atoms with Crippen molar-refractivity contribution in [2.75, 3.05) is 33.3 Å². The number of allylic oxidation sites excluding steroid dienone is 3. The van der Waals surface area contributed by atoms with Gasteiger partial charge in [-0.1, -0.05) is 37.6 Å². The molecule has 1 aromatic rings. The molecule has 0 unspecified atom stereocenters. The van der Waals surface area contributed by atoms with Crippen molar-refractivity contribution in [1.82, 2.24) is 15.1 Å². The first-order valence-electron chi connectivity index (χ1n) is 11.4. The fourth-order valence-electron chi connectivity index (χ4n) is 3.92. The average Bonchev–Trinajstić information content (AvgIpc) is 2.77. The maximum atomic E-state index is 13.4. The van der Waals surface area contributed by atoms with Crippen LogP contribution in [0, 0.1) is 5.92 Å². The normalized spacial score (nSPS) is 17.8. The lowest BCUT2D eigenvalue weighted by atomic mass is 10.00. The number of hydrogen-bond donors (Lipinski definition) is 1. The zero-order valence-electron chi connectivity index (χ0n) is 19.1. The van der Waals surface area contributed by atoms with Gasteiger partial charge in [-0.05, 0) is 69.1 Å². The van der Waals surface area contributed by atoms with Crippen LogP contribution in [0.5, 0.6) is 5.75 Å². The maximum absolute atomic E-state index is 13.4. The molecule has 3 rings (SSSR count). The molecule has 31 heavy (non-hydrogen) atoms. The van der Waals surface area contributed by atoms with E-state index in [9.17, 15) is 9.18 Å². The number of urea groups is 1. The molecule has 1 aromatic carbocycles. The molecule has 170 valence electrons. The molecule has 0 saturated carbocycles. The lowest BCUT2D eigenvalue weighted by Gasteiger charge is -2.38. The lowest BCUT2D eigenvalue weighted by Crippen LogP contribution is -2.50. The molecule has 0 bridgehead atoms. The van der Waals surface area contributed by atoms with Crippen molar-refractivity contribution in [2.45, 2.75) is 52.1 Å². The average molecular weight is 430 g/mol. The number of hydrogen-bond acceptors (Lipinski definition) is 3. The number of likely N-dealkylation sites (tertiary alicyclic amines) is 1. The lowest BCUT2D eigenvalue weighted by molar-refractivity contribution is 0.136. The summed E-state index contributed by atoms with van der Waals surface area (Å²) in [5.41, 5.74) is 2.15. The van der Waals surface area contributed by atoms with Gasteiger partial charge in [0.1, 0.15) is 11.6 Å². The first-order chi connectivity index (χ1) is 14.9. The maximum Gasteiger partial charge on any atom is 0.318 e. The Bertz CT molecular complexity index is 780. The van der Waals surface area contributed by atoms with Crippen LogP contribution in [0.15, 0.2) is 47.8 Å². The van der Waals surface area contributed by atoms with Crippen LogP contribution in [-0.4, -0.2) is 55.2 Å². The summed E-state index contributed by atoms with van der Waals surface area (Å²) >= 11 is 0. The van der Waals surface area contributed by atoms with Gasteiger partial charge in [0, 0.05) is 25.6 Å². The van der Waals surface area contributed by atoms with Gasteiger partial charge in [0.2, 0.25) is 0 Å². The quantitative estimate of drug-likeness (QED) is 0.639. The standard InChI is InChI=1S/C25H36FN3O2/c1-19(2)18-31-24-10-6-20(7-11-24)16-27-25(30)29(23-12-14-28(3)15-13-23)17-21-4-8-22(26)9-5-21/h4,6-8,10-11,19,23H,5,9,12-18H2,1-3H3,(H,27,30). The Balaban J connectivity index is 1.59. The van der Waals surface area contributed by atoms with E-state index in [2.05, 4.69) is 31.1 Å². The van der Waals surface area contributed by atoms with E-state index >= 15 is 0 Å². The van der Waals surface area contributed by atoms with Crippen LogP contribution in [0.2, 0.25) is 0 Å². The molecule has 0 atom stereocenters. The Kier molecular flexibility index (Phi) is 8.52. The van der Waals surface area contributed by atoms with Gasteiger partial charge in [-0.2, -0.15) is 0 Å². The van der Waals surface area contributed by atoms with Crippen LogP contribution in [0.4, 0.5) is 9.18 Å². The highest BCUT2D eigenvalue weighted by Gasteiger charge is 2.27. The molecule has 2 aliphatic rings. The van der Waals surface area contributed by atoms with Gasteiger partial charge in [0.15, 0.2) is 0 Å². The van der Waals surface area contributed by atoms with Gasteiger partial charge in [-0.3, -0.25) is 0 Å². The third-order valence-corrected chi connectivity index (χ3v) is 5.90. The van der Waals surface area contributed by atoms with E-state index in [0.29, 0.717) is 38.5 Å². The van der Waals surface area contributed by atoms with E-state index in [1.165, 1.54) is 6.08 Å². The Morgan fingerprint density at radius 1 is 1.19 bits per heavy atom. The Morgan fingerprint density at radius 2 is 1.90 bits per heavy atom. The minimum absolute atomic E-state index is 0.0504. The van der Waals surface area contributed by atoms with Gasteiger partial charge in [-0.25, -0.2) is 9.18 Å². The summed E-state index contributed by atoms with van der Waals surface area (Å²) in [5, 5.41) is 3.09. The number of halogens is 1. The number of nitrogens with zero attached hydrogens (tertiary/aromatic N) is 2. The highest BCUT2D eigenvalue weighted by Crippen LogP contribution is 2.23. The van der Waals surface area contributed by atoms with Gasteiger partial charge in [0.05, 0.1) is 6.61 Å². The van der Waals surface area contributed by atoms with Crippen molar-refractivity contribution in [3.63, 3.8) is 0 Å². The van der Waals surface area contributed by atoms with Crippen LogP contribution in [0.3, 0.4) is 0 Å². The number of piperidine rings is 1. The fourth-order valence-corrected chi connectivity index (χ4v) is 3.92. The smallest absolute Gasteiger partial charge is 0.318 e.